The number of carbonyl (C=O) groups excluding carboxylic acids is 1. The van der Waals surface area contributed by atoms with Crippen molar-refractivity contribution in [3.8, 4) is 11.6 Å². The Bertz CT molecular complexity index is 694. The van der Waals surface area contributed by atoms with Crippen LogP contribution >= 0.6 is 0 Å². The summed E-state index contributed by atoms with van der Waals surface area (Å²) in [5, 5.41) is 22.0. The number of benzene rings is 1. The fourth-order valence-corrected chi connectivity index (χ4v) is 2.91. The molecule has 0 aliphatic heterocycles. The molecule has 1 aromatic carbocycles. The van der Waals surface area contributed by atoms with Crippen LogP contribution in [0.1, 0.15) is 34.8 Å². The average Bonchev–Trinajstić information content (AvgIpc) is 2.58. The molecule has 0 radical (unpaired) electrons. The molecule has 126 valence electrons. The van der Waals surface area contributed by atoms with Gasteiger partial charge in [-0.2, -0.15) is 0 Å². The SMILES string of the molecule is COc1ccc([C@H](NC(=O)c2ccc(O)cc2)C2CC(O)C2)cn1. The summed E-state index contributed by atoms with van der Waals surface area (Å²) in [5.41, 5.74) is 1.35. The van der Waals surface area contributed by atoms with Crippen molar-refractivity contribution in [1.82, 2.24) is 10.3 Å². The standard InChI is InChI=1S/C18H20N2O4/c1-24-16-7-4-12(10-19-16)17(13-8-15(22)9-13)20-18(23)11-2-5-14(21)6-3-11/h2-7,10,13,15,17,21-22H,8-9H2,1H3,(H,20,23)/t13?,15?,17-/m0/s1. The van der Waals surface area contributed by atoms with Gasteiger partial charge in [0.2, 0.25) is 5.88 Å². The summed E-state index contributed by atoms with van der Waals surface area (Å²) >= 11 is 0. The number of aromatic hydroxyl groups is 1. The van der Waals surface area contributed by atoms with E-state index in [0.717, 1.165) is 5.56 Å². The number of methoxy groups -OCH3 is 1. The monoisotopic (exact) mass is 328 g/mol. The largest absolute Gasteiger partial charge is 0.508 e. The molecule has 1 aliphatic carbocycles. The number of nitrogens with zero attached hydrogens (tertiary/aromatic N) is 1. The van der Waals surface area contributed by atoms with Crippen LogP contribution in [-0.4, -0.2) is 34.3 Å². The summed E-state index contributed by atoms with van der Waals surface area (Å²) in [6, 6.07) is 9.50. The van der Waals surface area contributed by atoms with E-state index in [2.05, 4.69) is 10.3 Å². The molecule has 6 nitrogen and oxygen atoms in total. The lowest BCUT2D eigenvalue weighted by atomic mass is 9.75. The molecule has 1 aliphatic rings. The van der Waals surface area contributed by atoms with Crippen molar-refractivity contribution in [3.63, 3.8) is 0 Å². The van der Waals surface area contributed by atoms with Crippen LogP contribution in [0.25, 0.3) is 0 Å². The molecule has 1 aromatic heterocycles. The van der Waals surface area contributed by atoms with Gasteiger partial charge in [-0.3, -0.25) is 4.79 Å². The third kappa shape index (κ3) is 3.49. The Morgan fingerprint density at radius 3 is 2.50 bits per heavy atom. The quantitative estimate of drug-likeness (QED) is 0.781. The number of hydrogen-bond donors (Lipinski definition) is 3. The molecule has 0 bridgehead atoms. The summed E-state index contributed by atoms with van der Waals surface area (Å²) in [6.45, 7) is 0. The van der Waals surface area contributed by atoms with Crippen LogP contribution in [0.3, 0.4) is 0 Å². The normalized spacial score (nSPS) is 20.8. The lowest BCUT2D eigenvalue weighted by Crippen LogP contribution is -2.41. The topological polar surface area (TPSA) is 91.7 Å². The van der Waals surface area contributed by atoms with E-state index in [1.54, 1.807) is 31.5 Å². The first kappa shape index (κ1) is 16.3. The van der Waals surface area contributed by atoms with Crippen LogP contribution in [0.4, 0.5) is 0 Å². The van der Waals surface area contributed by atoms with Gasteiger partial charge in [-0.1, -0.05) is 6.07 Å². The second-order valence-corrected chi connectivity index (χ2v) is 6.02. The van der Waals surface area contributed by atoms with Crippen molar-refractivity contribution < 1.29 is 19.7 Å². The van der Waals surface area contributed by atoms with Crippen LogP contribution in [0.2, 0.25) is 0 Å². The lowest BCUT2D eigenvalue weighted by molar-refractivity contribution is 0.0234. The van der Waals surface area contributed by atoms with Crippen molar-refractivity contribution in [2.45, 2.75) is 25.0 Å². The minimum atomic E-state index is -0.311. The molecule has 1 heterocycles. The summed E-state index contributed by atoms with van der Waals surface area (Å²) in [7, 11) is 1.55. The molecule has 6 heteroatoms. The molecule has 24 heavy (non-hydrogen) atoms. The highest BCUT2D eigenvalue weighted by Crippen LogP contribution is 2.38. The summed E-state index contributed by atoms with van der Waals surface area (Å²) in [5.74, 6) is 0.564. The molecule has 1 amide bonds. The van der Waals surface area contributed by atoms with E-state index in [9.17, 15) is 15.0 Å². The molecule has 3 rings (SSSR count). The minimum Gasteiger partial charge on any atom is -0.508 e. The number of hydrogen-bond acceptors (Lipinski definition) is 5. The molecular weight excluding hydrogens is 308 g/mol. The van der Waals surface area contributed by atoms with Crippen molar-refractivity contribution >= 4 is 5.91 Å². The van der Waals surface area contributed by atoms with Gasteiger partial charge in [0.05, 0.1) is 19.3 Å². The first-order valence-corrected chi connectivity index (χ1v) is 7.84. The fourth-order valence-electron chi connectivity index (χ4n) is 2.91. The second kappa shape index (κ2) is 6.88. The van der Waals surface area contributed by atoms with Crippen LogP contribution < -0.4 is 10.1 Å². The number of aliphatic hydroxyl groups is 1. The Kier molecular flexibility index (Phi) is 4.66. The maximum Gasteiger partial charge on any atom is 0.251 e. The first-order valence-electron chi connectivity index (χ1n) is 7.84. The van der Waals surface area contributed by atoms with Gasteiger partial charge in [-0.05, 0) is 48.6 Å². The van der Waals surface area contributed by atoms with Crippen molar-refractivity contribution in [2.75, 3.05) is 7.11 Å². The molecule has 1 fully saturated rings. The van der Waals surface area contributed by atoms with E-state index in [1.807, 2.05) is 6.07 Å². The summed E-state index contributed by atoms with van der Waals surface area (Å²) in [4.78, 5) is 16.7. The van der Waals surface area contributed by atoms with Gasteiger partial charge in [0.15, 0.2) is 0 Å². The van der Waals surface area contributed by atoms with E-state index >= 15 is 0 Å². The third-order valence-corrected chi connectivity index (χ3v) is 4.36. The smallest absolute Gasteiger partial charge is 0.251 e. The van der Waals surface area contributed by atoms with Gasteiger partial charge in [0, 0.05) is 17.8 Å². The number of amides is 1. The molecule has 1 atom stereocenters. The number of pyridine rings is 1. The molecule has 3 N–H and O–H groups in total. The minimum absolute atomic E-state index is 0.115. The van der Waals surface area contributed by atoms with Gasteiger partial charge in [-0.15, -0.1) is 0 Å². The zero-order valence-corrected chi connectivity index (χ0v) is 13.3. The molecule has 0 saturated heterocycles. The Morgan fingerprint density at radius 2 is 1.96 bits per heavy atom. The highest BCUT2D eigenvalue weighted by Gasteiger charge is 2.36. The number of ether oxygens (including phenoxy) is 1. The van der Waals surface area contributed by atoms with Gasteiger partial charge >= 0.3 is 0 Å². The van der Waals surface area contributed by atoms with Crippen LogP contribution in [0.5, 0.6) is 11.6 Å². The lowest BCUT2D eigenvalue weighted by Gasteiger charge is -2.38. The maximum atomic E-state index is 12.5. The number of aliphatic hydroxyl groups excluding tert-OH is 1. The van der Waals surface area contributed by atoms with Gasteiger partial charge in [0.25, 0.3) is 5.91 Å². The third-order valence-electron chi connectivity index (χ3n) is 4.36. The zero-order valence-electron chi connectivity index (χ0n) is 13.3. The summed E-state index contributed by atoms with van der Waals surface area (Å²) < 4.78 is 5.07. The zero-order chi connectivity index (χ0) is 17.1. The Labute approximate surface area is 140 Å². The number of rotatable bonds is 5. The van der Waals surface area contributed by atoms with Crippen molar-refractivity contribution in [1.29, 1.82) is 0 Å². The Morgan fingerprint density at radius 1 is 1.25 bits per heavy atom. The number of aromatic nitrogens is 1. The number of nitrogens with one attached hydrogen (secondary N) is 1. The highest BCUT2D eigenvalue weighted by molar-refractivity contribution is 5.94. The van der Waals surface area contributed by atoms with E-state index in [4.69, 9.17) is 4.74 Å². The number of phenolic OH excluding ortho intramolecular Hbond substituents is 1. The predicted molar refractivity (Wildman–Crippen MR) is 87.8 cm³/mol. The number of phenols is 1. The molecule has 0 unspecified atom stereocenters. The van der Waals surface area contributed by atoms with Crippen molar-refractivity contribution in [3.05, 3.63) is 53.7 Å². The van der Waals surface area contributed by atoms with Crippen molar-refractivity contribution in [2.24, 2.45) is 5.92 Å². The Hall–Kier alpha value is -2.60. The van der Waals surface area contributed by atoms with Crippen LogP contribution in [0.15, 0.2) is 42.6 Å². The van der Waals surface area contributed by atoms with E-state index < -0.39 is 0 Å². The van der Waals surface area contributed by atoms with Gasteiger partial charge in [0.1, 0.15) is 5.75 Å². The van der Waals surface area contributed by atoms with Gasteiger partial charge < -0.3 is 20.3 Å². The van der Waals surface area contributed by atoms with Gasteiger partial charge in [-0.25, -0.2) is 4.98 Å². The predicted octanol–water partition coefficient (Wildman–Crippen LogP) is 2.04. The second-order valence-electron chi connectivity index (χ2n) is 6.02. The van der Waals surface area contributed by atoms with E-state index in [0.29, 0.717) is 24.3 Å². The first-order chi connectivity index (χ1) is 11.6. The average molecular weight is 328 g/mol. The molecule has 1 saturated carbocycles. The van der Waals surface area contributed by atoms with E-state index in [1.165, 1.54) is 12.1 Å². The fraction of sp³-hybridized carbons (Fsp3) is 0.333. The Balaban J connectivity index is 1.79. The molecule has 2 aromatic rings. The highest BCUT2D eigenvalue weighted by atomic mass is 16.5. The van der Waals surface area contributed by atoms with Crippen LogP contribution in [-0.2, 0) is 0 Å². The molecular formula is C18H20N2O4. The van der Waals surface area contributed by atoms with Crippen LogP contribution in [0, 0.1) is 5.92 Å². The molecule has 0 spiro atoms. The maximum absolute atomic E-state index is 12.5. The summed E-state index contributed by atoms with van der Waals surface area (Å²) in [6.07, 6.45) is 2.67. The van der Waals surface area contributed by atoms with E-state index in [-0.39, 0.29) is 29.7 Å². The number of carbonyl (C=O) groups is 1.